The van der Waals surface area contributed by atoms with Gasteiger partial charge in [0.1, 0.15) is 6.29 Å². The van der Waals surface area contributed by atoms with Gasteiger partial charge in [0.25, 0.3) is 0 Å². The molecule has 0 aromatic heterocycles. The van der Waals surface area contributed by atoms with Gasteiger partial charge in [0.05, 0.1) is 6.67 Å². The Morgan fingerprint density at radius 2 is 2.09 bits per heavy atom. The molecule has 0 aliphatic rings. The molecule has 0 aromatic carbocycles. The van der Waals surface area contributed by atoms with Gasteiger partial charge in [-0.1, -0.05) is 0 Å². The molecule has 4 N–H and O–H groups in total. The lowest BCUT2D eigenvalue weighted by Crippen LogP contribution is -2.31. The number of nitrogens with one attached hydrogen (secondary N) is 1. The van der Waals surface area contributed by atoms with Gasteiger partial charge in [0.15, 0.2) is 0 Å². The van der Waals surface area contributed by atoms with Crippen LogP contribution in [-0.4, -0.2) is 39.4 Å². The first-order valence-corrected chi connectivity index (χ1v) is 4.41. The van der Waals surface area contributed by atoms with Crippen LogP contribution in [0.3, 0.4) is 0 Å². The molecule has 0 atom stereocenters. The van der Waals surface area contributed by atoms with E-state index in [0.29, 0.717) is 0 Å². The number of carbonyl (C=O) groups is 1. The Labute approximate surface area is 62.7 Å². The Kier molecular flexibility index (Phi) is 4.24. The molecule has 0 saturated carbocycles. The van der Waals surface area contributed by atoms with Gasteiger partial charge in [-0.2, -0.15) is 0 Å². The zero-order valence-corrected chi connectivity index (χ0v) is 6.44. The topological polar surface area (TPSA) is 110 Å². The Morgan fingerprint density at radius 1 is 1.55 bits per heavy atom. The van der Waals surface area contributed by atoms with Crippen molar-refractivity contribution in [1.82, 2.24) is 10.4 Å². The molecule has 0 spiro atoms. The lowest BCUT2D eigenvalue weighted by molar-refractivity contribution is -0.150. The molecule has 0 heterocycles. The van der Waals surface area contributed by atoms with Crippen LogP contribution in [0.25, 0.3) is 0 Å². The Balaban J connectivity index is 3.42. The maximum atomic E-state index is 10.1. The van der Waals surface area contributed by atoms with E-state index in [2.05, 4.69) is 5.32 Å². The Hall–Kier alpha value is -0.460. The molecular weight excluding hydrogens is 175 g/mol. The molecule has 0 fully saturated rings. The van der Waals surface area contributed by atoms with E-state index in [0.717, 1.165) is 0 Å². The van der Waals surface area contributed by atoms with Crippen molar-refractivity contribution in [3.05, 3.63) is 0 Å². The number of nitrogens with zero attached hydrogens (tertiary/aromatic N) is 1. The maximum Gasteiger partial charge on any atom is 0.339 e. The second-order valence-corrected chi connectivity index (χ2v) is 3.42. The van der Waals surface area contributed by atoms with Crippen LogP contribution in [0.5, 0.6) is 0 Å². The van der Waals surface area contributed by atoms with Gasteiger partial charge in [-0.15, -0.1) is 0 Å². The van der Waals surface area contributed by atoms with Gasteiger partial charge >= 0.3 is 7.60 Å². The first kappa shape index (κ1) is 10.5. The fourth-order valence-corrected chi connectivity index (χ4v) is 0.739. The second kappa shape index (κ2) is 4.42. The van der Waals surface area contributed by atoms with Gasteiger partial charge in [0.2, 0.25) is 6.41 Å². The first-order valence-electron chi connectivity index (χ1n) is 2.62. The predicted octanol–water partition coefficient (Wildman–Crippen LogP) is -1.48. The van der Waals surface area contributed by atoms with Crippen molar-refractivity contribution in [3.8, 4) is 0 Å². The highest BCUT2D eigenvalue weighted by Crippen LogP contribution is 2.31. The Morgan fingerprint density at radius 3 is 2.45 bits per heavy atom. The van der Waals surface area contributed by atoms with Crippen molar-refractivity contribution in [1.29, 1.82) is 0 Å². The number of amides is 1. The van der Waals surface area contributed by atoms with E-state index in [9.17, 15) is 9.36 Å². The zero-order chi connectivity index (χ0) is 8.91. The summed E-state index contributed by atoms with van der Waals surface area (Å²) in [5, 5.41) is 10.8. The van der Waals surface area contributed by atoms with Crippen LogP contribution in [0, 0.1) is 0 Å². The van der Waals surface area contributed by atoms with Crippen LogP contribution < -0.4 is 5.32 Å². The van der Waals surface area contributed by atoms with E-state index < -0.39 is 13.9 Å². The van der Waals surface area contributed by atoms with Crippen molar-refractivity contribution in [2.24, 2.45) is 0 Å². The minimum atomic E-state index is -4.10. The first-order chi connectivity index (χ1) is 4.95. The number of hydrogen-bond acceptors (Lipinski definition) is 4. The molecule has 0 rings (SSSR count). The molecule has 0 unspecified atom stereocenters. The quantitative estimate of drug-likeness (QED) is 0.136. The monoisotopic (exact) mass is 184 g/mol. The van der Waals surface area contributed by atoms with E-state index in [-0.39, 0.29) is 18.1 Å². The van der Waals surface area contributed by atoms with Crippen molar-refractivity contribution < 1.29 is 24.4 Å². The number of rotatable bonds is 5. The average Bonchev–Trinajstić information content (AvgIpc) is 1.85. The highest BCUT2D eigenvalue weighted by molar-refractivity contribution is 7.51. The molecule has 0 radical (unpaired) electrons. The van der Waals surface area contributed by atoms with Crippen molar-refractivity contribution >= 4 is 14.0 Å². The molecule has 0 aliphatic heterocycles. The van der Waals surface area contributed by atoms with Crippen LogP contribution in [0.1, 0.15) is 0 Å². The van der Waals surface area contributed by atoms with Crippen molar-refractivity contribution in [2.75, 3.05) is 13.0 Å². The summed E-state index contributed by atoms with van der Waals surface area (Å²) in [5.41, 5.74) is 0. The van der Waals surface area contributed by atoms with Crippen molar-refractivity contribution in [3.63, 3.8) is 0 Å². The summed E-state index contributed by atoms with van der Waals surface area (Å²) >= 11 is 0. The summed E-state index contributed by atoms with van der Waals surface area (Å²) in [7, 11) is -4.10. The third-order valence-electron chi connectivity index (χ3n) is 0.713. The normalized spacial score (nSPS) is 11.2. The number of carbonyl (C=O) groups excluding carboxylic acids is 1. The summed E-state index contributed by atoms with van der Waals surface area (Å²) in [6, 6.07) is 0. The van der Waals surface area contributed by atoms with Crippen LogP contribution in [0.15, 0.2) is 0 Å². The van der Waals surface area contributed by atoms with E-state index in [1.165, 1.54) is 0 Å². The number of hydrogen-bond donors (Lipinski definition) is 4. The van der Waals surface area contributed by atoms with E-state index in [1.54, 1.807) is 0 Å². The second-order valence-electron chi connectivity index (χ2n) is 1.78. The highest BCUT2D eigenvalue weighted by atomic mass is 31.2. The Bertz CT molecular complexity index is 167. The minimum absolute atomic E-state index is 0.118. The minimum Gasteiger partial charge on any atom is -0.324 e. The van der Waals surface area contributed by atoms with Crippen LogP contribution in [0.2, 0.25) is 0 Å². The summed E-state index contributed by atoms with van der Waals surface area (Å²) in [6.07, 6.45) is -0.454. The summed E-state index contributed by atoms with van der Waals surface area (Å²) in [4.78, 5) is 26.2. The van der Waals surface area contributed by atoms with E-state index in [1.807, 2.05) is 0 Å². The lowest BCUT2D eigenvalue weighted by Gasteiger charge is -2.09. The molecule has 11 heavy (non-hydrogen) atoms. The molecule has 0 saturated heterocycles. The molecule has 0 bridgehead atoms. The standard InChI is InChI=1S/C3H9N2O5P/c6-3-5(7)1-4-2-11(8,9)10/h3-4,7H,1-2H2,(H2,8,9,10). The van der Waals surface area contributed by atoms with Gasteiger partial charge < -0.3 is 9.79 Å². The summed E-state index contributed by atoms with van der Waals surface area (Å²) in [6.45, 7) is -0.311. The molecule has 0 aliphatic carbocycles. The van der Waals surface area contributed by atoms with Gasteiger partial charge in [0, 0.05) is 0 Å². The van der Waals surface area contributed by atoms with Crippen LogP contribution in [0.4, 0.5) is 0 Å². The maximum absolute atomic E-state index is 10.1. The fraction of sp³-hybridized carbons (Fsp3) is 0.667. The molecular formula is C3H9N2O5P. The molecule has 1 amide bonds. The third kappa shape index (κ3) is 7.44. The van der Waals surface area contributed by atoms with Gasteiger partial charge in [-0.3, -0.25) is 19.9 Å². The predicted molar refractivity (Wildman–Crippen MR) is 34.6 cm³/mol. The SMILES string of the molecule is O=CN(O)CNCP(=O)(O)O. The third-order valence-corrected chi connectivity index (χ3v) is 1.35. The van der Waals surface area contributed by atoms with Crippen LogP contribution >= 0.6 is 7.60 Å². The summed E-state index contributed by atoms with van der Waals surface area (Å²) < 4.78 is 10.1. The van der Waals surface area contributed by atoms with Gasteiger partial charge in [-0.05, 0) is 0 Å². The highest BCUT2D eigenvalue weighted by Gasteiger charge is 2.11. The van der Waals surface area contributed by atoms with Gasteiger partial charge in [-0.25, -0.2) is 5.06 Å². The lowest BCUT2D eigenvalue weighted by atomic mass is 11.0. The largest absolute Gasteiger partial charge is 0.339 e. The molecule has 7 nitrogen and oxygen atoms in total. The fourth-order valence-electron chi connectivity index (χ4n) is 0.347. The molecule has 0 aromatic rings. The molecule has 66 valence electrons. The van der Waals surface area contributed by atoms with Crippen molar-refractivity contribution in [2.45, 2.75) is 0 Å². The summed E-state index contributed by atoms with van der Waals surface area (Å²) in [5.74, 6) is 0. The smallest absolute Gasteiger partial charge is 0.324 e. The zero-order valence-electron chi connectivity index (χ0n) is 5.54. The average molecular weight is 184 g/mol. The van der Waals surface area contributed by atoms with E-state index >= 15 is 0 Å². The number of hydroxylamine groups is 2. The molecule has 8 heteroatoms. The van der Waals surface area contributed by atoms with E-state index in [4.69, 9.17) is 15.0 Å². The van der Waals surface area contributed by atoms with Crippen LogP contribution in [-0.2, 0) is 9.36 Å².